The van der Waals surface area contributed by atoms with Crippen molar-refractivity contribution in [3.63, 3.8) is 0 Å². The molecule has 2 atom stereocenters. The van der Waals surface area contributed by atoms with E-state index >= 15 is 0 Å². The molecule has 3 heteroatoms. The molecule has 0 spiro atoms. The fourth-order valence-electron chi connectivity index (χ4n) is 2.13. The average Bonchev–Trinajstić information content (AvgIpc) is 2.47. The van der Waals surface area contributed by atoms with Gasteiger partial charge in [-0.1, -0.05) is 12.1 Å². The quantitative estimate of drug-likeness (QED) is 0.700. The molecule has 1 fully saturated rings. The van der Waals surface area contributed by atoms with E-state index in [2.05, 4.69) is 11.9 Å². The van der Waals surface area contributed by atoms with Crippen molar-refractivity contribution in [3.05, 3.63) is 29.8 Å². The van der Waals surface area contributed by atoms with Crippen LogP contribution in [0.1, 0.15) is 18.0 Å². The van der Waals surface area contributed by atoms with E-state index in [9.17, 15) is 5.11 Å². The topological polar surface area (TPSA) is 49.5 Å². The molecule has 1 aliphatic rings. The van der Waals surface area contributed by atoms with Gasteiger partial charge in [0.2, 0.25) is 0 Å². The summed E-state index contributed by atoms with van der Waals surface area (Å²) in [5.74, 6) is 0.318. The first-order chi connectivity index (χ1) is 6.66. The second-order valence-electron chi connectivity index (χ2n) is 4.04. The van der Waals surface area contributed by atoms with E-state index < -0.39 is 0 Å². The van der Waals surface area contributed by atoms with Gasteiger partial charge >= 0.3 is 0 Å². The van der Waals surface area contributed by atoms with Gasteiger partial charge in [0.05, 0.1) is 0 Å². The SMILES string of the molecule is CN1CC(N)CC1c1ccc(O)cc1. The fourth-order valence-corrected chi connectivity index (χ4v) is 2.13. The standard InChI is InChI=1S/C11H16N2O/c1-13-7-9(12)6-11(13)8-2-4-10(14)5-3-8/h2-5,9,11,14H,6-7,12H2,1H3. The Bertz CT molecular complexity index is 310. The highest BCUT2D eigenvalue weighted by atomic mass is 16.3. The van der Waals surface area contributed by atoms with Crippen LogP contribution in [0.5, 0.6) is 5.75 Å². The van der Waals surface area contributed by atoms with Crippen LogP contribution in [0.15, 0.2) is 24.3 Å². The van der Waals surface area contributed by atoms with Crippen LogP contribution in [0.3, 0.4) is 0 Å². The summed E-state index contributed by atoms with van der Waals surface area (Å²) in [6.07, 6.45) is 1.00. The van der Waals surface area contributed by atoms with Gasteiger partial charge in [0.25, 0.3) is 0 Å². The van der Waals surface area contributed by atoms with E-state index in [0.29, 0.717) is 11.8 Å². The molecule has 1 aliphatic heterocycles. The number of nitrogens with zero attached hydrogens (tertiary/aromatic N) is 1. The summed E-state index contributed by atoms with van der Waals surface area (Å²) in [5, 5.41) is 9.18. The molecule has 1 aromatic rings. The maximum atomic E-state index is 9.18. The lowest BCUT2D eigenvalue weighted by atomic mass is 10.0. The third-order valence-electron chi connectivity index (χ3n) is 2.86. The van der Waals surface area contributed by atoms with Gasteiger partial charge in [-0.2, -0.15) is 0 Å². The van der Waals surface area contributed by atoms with Gasteiger partial charge in [0, 0.05) is 18.6 Å². The summed E-state index contributed by atoms with van der Waals surface area (Å²) < 4.78 is 0. The lowest BCUT2D eigenvalue weighted by molar-refractivity contribution is 0.316. The van der Waals surface area contributed by atoms with Crippen LogP contribution >= 0.6 is 0 Å². The van der Waals surface area contributed by atoms with Crippen molar-refractivity contribution >= 4 is 0 Å². The molecule has 1 aromatic carbocycles. The molecule has 0 aromatic heterocycles. The van der Waals surface area contributed by atoms with E-state index in [1.54, 1.807) is 12.1 Å². The van der Waals surface area contributed by atoms with Gasteiger partial charge in [-0.25, -0.2) is 0 Å². The van der Waals surface area contributed by atoms with Crippen molar-refractivity contribution in [1.29, 1.82) is 0 Å². The number of benzene rings is 1. The van der Waals surface area contributed by atoms with E-state index in [1.165, 1.54) is 5.56 Å². The van der Waals surface area contributed by atoms with Crippen LogP contribution in [0.2, 0.25) is 0 Å². The van der Waals surface area contributed by atoms with Crippen molar-refractivity contribution in [3.8, 4) is 5.75 Å². The number of hydrogen-bond donors (Lipinski definition) is 2. The number of aromatic hydroxyl groups is 1. The molecule has 2 unspecified atom stereocenters. The van der Waals surface area contributed by atoms with Gasteiger partial charge in [-0.05, 0) is 31.2 Å². The Morgan fingerprint density at radius 2 is 2.00 bits per heavy atom. The van der Waals surface area contributed by atoms with Crippen LogP contribution < -0.4 is 5.73 Å². The van der Waals surface area contributed by atoms with E-state index in [1.807, 2.05) is 12.1 Å². The van der Waals surface area contributed by atoms with Gasteiger partial charge in [0.15, 0.2) is 0 Å². The molecular formula is C11H16N2O. The fraction of sp³-hybridized carbons (Fsp3) is 0.455. The zero-order chi connectivity index (χ0) is 10.1. The predicted molar refractivity (Wildman–Crippen MR) is 56.1 cm³/mol. The van der Waals surface area contributed by atoms with Crippen molar-refractivity contribution in [2.75, 3.05) is 13.6 Å². The zero-order valence-corrected chi connectivity index (χ0v) is 8.35. The highest BCUT2D eigenvalue weighted by Gasteiger charge is 2.27. The Morgan fingerprint density at radius 1 is 1.36 bits per heavy atom. The van der Waals surface area contributed by atoms with E-state index in [0.717, 1.165) is 13.0 Å². The van der Waals surface area contributed by atoms with E-state index in [-0.39, 0.29) is 6.04 Å². The molecule has 0 amide bonds. The summed E-state index contributed by atoms with van der Waals surface area (Å²) in [4.78, 5) is 2.26. The second kappa shape index (κ2) is 3.59. The molecule has 2 rings (SSSR count). The largest absolute Gasteiger partial charge is 0.508 e. The number of phenols is 1. The molecule has 3 nitrogen and oxygen atoms in total. The predicted octanol–water partition coefficient (Wildman–Crippen LogP) is 1.10. The molecule has 1 saturated heterocycles. The maximum Gasteiger partial charge on any atom is 0.115 e. The smallest absolute Gasteiger partial charge is 0.115 e. The molecule has 0 aliphatic carbocycles. The zero-order valence-electron chi connectivity index (χ0n) is 8.35. The lowest BCUT2D eigenvalue weighted by Crippen LogP contribution is -2.24. The first-order valence-electron chi connectivity index (χ1n) is 4.91. The minimum atomic E-state index is 0.277. The summed E-state index contributed by atoms with van der Waals surface area (Å²) in [6, 6.07) is 8.08. The molecule has 0 radical (unpaired) electrons. The first kappa shape index (κ1) is 9.49. The van der Waals surface area contributed by atoms with Gasteiger partial charge in [0.1, 0.15) is 5.75 Å². The normalized spacial score (nSPS) is 28.1. The summed E-state index contributed by atoms with van der Waals surface area (Å²) in [5.41, 5.74) is 7.13. The second-order valence-corrected chi connectivity index (χ2v) is 4.04. The minimum Gasteiger partial charge on any atom is -0.508 e. The molecule has 14 heavy (non-hydrogen) atoms. The van der Waals surface area contributed by atoms with Crippen molar-refractivity contribution in [2.24, 2.45) is 5.73 Å². The maximum absolute atomic E-state index is 9.18. The Morgan fingerprint density at radius 3 is 2.50 bits per heavy atom. The summed E-state index contributed by atoms with van der Waals surface area (Å²) in [7, 11) is 2.09. The molecule has 76 valence electrons. The monoisotopic (exact) mass is 192 g/mol. The lowest BCUT2D eigenvalue weighted by Gasteiger charge is -2.19. The first-order valence-corrected chi connectivity index (χ1v) is 4.91. The number of nitrogens with two attached hydrogens (primary N) is 1. The Hall–Kier alpha value is -1.06. The van der Waals surface area contributed by atoms with E-state index in [4.69, 9.17) is 5.73 Å². The van der Waals surface area contributed by atoms with Gasteiger partial charge in [-0.3, -0.25) is 4.90 Å². The molecule has 0 saturated carbocycles. The Balaban J connectivity index is 2.19. The van der Waals surface area contributed by atoms with Crippen LogP contribution in [-0.4, -0.2) is 29.6 Å². The number of rotatable bonds is 1. The Labute approximate surface area is 84.1 Å². The minimum absolute atomic E-state index is 0.277. The van der Waals surface area contributed by atoms with Crippen molar-refractivity contribution in [1.82, 2.24) is 4.90 Å². The number of phenolic OH excluding ortho intramolecular Hbond substituents is 1. The van der Waals surface area contributed by atoms with Gasteiger partial charge in [-0.15, -0.1) is 0 Å². The highest BCUT2D eigenvalue weighted by Crippen LogP contribution is 2.30. The molecule has 3 N–H and O–H groups in total. The van der Waals surface area contributed by atoms with Crippen molar-refractivity contribution in [2.45, 2.75) is 18.5 Å². The third-order valence-corrected chi connectivity index (χ3v) is 2.86. The highest BCUT2D eigenvalue weighted by molar-refractivity contribution is 5.28. The van der Waals surface area contributed by atoms with Crippen LogP contribution in [0.4, 0.5) is 0 Å². The number of likely N-dealkylation sites (N-methyl/N-ethyl adjacent to an activating group) is 1. The molecule has 1 heterocycles. The summed E-state index contributed by atoms with van der Waals surface area (Å²) >= 11 is 0. The van der Waals surface area contributed by atoms with Crippen molar-refractivity contribution < 1.29 is 5.11 Å². The van der Waals surface area contributed by atoms with Gasteiger partial charge < -0.3 is 10.8 Å². The number of hydrogen-bond acceptors (Lipinski definition) is 3. The molecule has 0 bridgehead atoms. The summed E-state index contributed by atoms with van der Waals surface area (Å²) in [6.45, 7) is 0.950. The average molecular weight is 192 g/mol. The Kier molecular flexibility index (Phi) is 2.44. The van der Waals surface area contributed by atoms with Crippen LogP contribution in [0, 0.1) is 0 Å². The van der Waals surface area contributed by atoms with Crippen LogP contribution in [-0.2, 0) is 0 Å². The molecular weight excluding hydrogens is 176 g/mol. The third kappa shape index (κ3) is 1.74. The van der Waals surface area contributed by atoms with Crippen LogP contribution in [0.25, 0.3) is 0 Å². The number of likely N-dealkylation sites (tertiary alicyclic amines) is 1.